The van der Waals surface area contributed by atoms with Gasteiger partial charge in [0.15, 0.2) is 0 Å². The Kier molecular flexibility index (Phi) is 7.02. The Morgan fingerprint density at radius 3 is 2.15 bits per heavy atom. The molecule has 0 radical (unpaired) electrons. The number of carboxylic acid groups (broad SMARTS) is 1. The Balaban J connectivity index is 4.64. The van der Waals surface area contributed by atoms with Crippen molar-refractivity contribution >= 4 is 18.0 Å². The molecule has 0 atom stereocenters. The van der Waals surface area contributed by atoms with E-state index in [4.69, 9.17) is 9.84 Å². The third-order valence-corrected chi connectivity index (χ3v) is 2.62. The van der Waals surface area contributed by atoms with Crippen LogP contribution < -0.4 is 0 Å². The van der Waals surface area contributed by atoms with Crippen molar-refractivity contribution in [3.63, 3.8) is 0 Å². The van der Waals surface area contributed by atoms with Crippen molar-refractivity contribution in [2.75, 3.05) is 26.7 Å². The highest BCUT2D eigenvalue weighted by atomic mass is 16.5. The van der Waals surface area contributed by atoms with Crippen LogP contribution in [0.4, 0.5) is 4.79 Å². The number of carboxylic acids is 1. The van der Waals surface area contributed by atoms with E-state index in [0.29, 0.717) is 6.61 Å². The van der Waals surface area contributed by atoms with Gasteiger partial charge in [0, 0.05) is 19.1 Å². The number of rotatable bonds is 6. The van der Waals surface area contributed by atoms with Crippen LogP contribution in [0.25, 0.3) is 0 Å². The molecule has 116 valence electrons. The summed E-state index contributed by atoms with van der Waals surface area (Å²) in [6.07, 6.45) is 0.0845. The van der Waals surface area contributed by atoms with Crippen LogP contribution >= 0.6 is 0 Å². The van der Waals surface area contributed by atoms with E-state index in [1.165, 1.54) is 16.8 Å². The zero-order valence-electron chi connectivity index (χ0n) is 12.8. The molecular formula is C13H24N2O5. The third-order valence-electron chi connectivity index (χ3n) is 2.62. The van der Waals surface area contributed by atoms with Gasteiger partial charge in [0.25, 0.3) is 0 Å². The summed E-state index contributed by atoms with van der Waals surface area (Å²) in [6.45, 7) is 7.08. The van der Waals surface area contributed by atoms with E-state index in [2.05, 4.69) is 0 Å². The van der Waals surface area contributed by atoms with Crippen molar-refractivity contribution in [3.8, 4) is 0 Å². The fourth-order valence-electron chi connectivity index (χ4n) is 1.52. The Hall–Kier alpha value is -1.79. The van der Waals surface area contributed by atoms with Gasteiger partial charge in [0.2, 0.25) is 0 Å². The molecule has 0 unspecified atom stereocenters. The molecule has 0 spiro atoms. The van der Waals surface area contributed by atoms with Gasteiger partial charge in [-0.25, -0.2) is 4.79 Å². The quantitative estimate of drug-likeness (QED) is 0.741. The molecule has 2 amide bonds. The number of amides is 2. The van der Waals surface area contributed by atoms with Crippen molar-refractivity contribution in [2.24, 2.45) is 0 Å². The minimum absolute atomic E-state index is 0.0845. The number of aliphatic carboxylic acids is 1. The number of esters is 1. The first kappa shape index (κ1) is 18.2. The molecule has 0 saturated heterocycles. The predicted molar refractivity (Wildman–Crippen MR) is 73.4 cm³/mol. The summed E-state index contributed by atoms with van der Waals surface area (Å²) >= 11 is 0. The van der Waals surface area contributed by atoms with Crippen LogP contribution in [-0.2, 0) is 14.3 Å². The molecule has 7 heteroatoms. The Morgan fingerprint density at radius 1 is 1.20 bits per heavy atom. The van der Waals surface area contributed by atoms with Gasteiger partial charge in [-0.05, 0) is 27.7 Å². The Morgan fingerprint density at radius 2 is 1.75 bits per heavy atom. The summed E-state index contributed by atoms with van der Waals surface area (Å²) in [6, 6.07) is -0.427. The summed E-state index contributed by atoms with van der Waals surface area (Å²) < 4.78 is 4.78. The van der Waals surface area contributed by atoms with E-state index in [0.717, 1.165) is 0 Å². The van der Waals surface area contributed by atoms with Crippen LogP contribution in [0.3, 0.4) is 0 Å². The van der Waals surface area contributed by atoms with E-state index >= 15 is 0 Å². The molecule has 0 aromatic heterocycles. The first-order valence-electron chi connectivity index (χ1n) is 6.49. The standard InChI is InChI=1S/C13H24N2O5/c1-6-20-11(18)7-8-14(5)12(19)15(9-10(16)17)13(2,3)4/h6-9H2,1-5H3,(H,16,17). The zero-order valence-corrected chi connectivity index (χ0v) is 12.8. The molecular weight excluding hydrogens is 264 g/mol. The lowest BCUT2D eigenvalue weighted by atomic mass is 10.1. The van der Waals surface area contributed by atoms with Crippen molar-refractivity contribution < 1.29 is 24.2 Å². The van der Waals surface area contributed by atoms with E-state index in [1.54, 1.807) is 27.7 Å². The summed E-state index contributed by atoms with van der Waals surface area (Å²) in [7, 11) is 1.53. The minimum atomic E-state index is -1.08. The van der Waals surface area contributed by atoms with Crippen LogP contribution in [0.1, 0.15) is 34.1 Å². The largest absolute Gasteiger partial charge is 0.480 e. The molecule has 0 aliphatic carbocycles. The molecule has 1 N–H and O–H groups in total. The maximum absolute atomic E-state index is 12.2. The Labute approximate surface area is 119 Å². The third kappa shape index (κ3) is 6.40. The van der Waals surface area contributed by atoms with Crippen LogP contribution in [0.15, 0.2) is 0 Å². The lowest BCUT2D eigenvalue weighted by molar-refractivity contribution is -0.143. The molecule has 0 aromatic rings. The fraction of sp³-hybridized carbons (Fsp3) is 0.769. The van der Waals surface area contributed by atoms with Gasteiger partial charge in [0.1, 0.15) is 6.54 Å². The number of nitrogens with zero attached hydrogens (tertiary/aromatic N) is 2. The molecule has 0 heterocycles. The number of carbonyl (C=O) groups excluding carboxylic acids is 2. The number of carbonyl (C=O) groups is 3. The molecule has 0 fully saturated rings. The summed E-state index contributed by atoms with van der Waals surface area (Å²) in [4.78, 5) is 36.9. The van der Waals surface area contributed by atoms with E-state index in [1.807, 2.05) is 0 Å². The average molecular weight is 288 g/mol. The smallest absolute Gasteiger partial charge is 0.323 e. The van der Waals surface area contributed by atoms with Gasteiger partial charge in [-0.1, -0.05) is 0 Å². The monoisotopic (exact) mass is 288 g/mol. The number of hydrogen-bond donors (Lipinski definition) is 1. The molecule has 0 aliphatic heterocycles. The van der Waals surface area contributed by atoms with Crippen molar-refractivity contribution in [1.29, 1.82) is 0 Å². The van der Waals surface area contributed by atoms with Crippen molar-refractivity contribution in [1.82, 2.24) is 9.80 Å². The summed E-state index contributed by atoms with van der Waals surface area (Å²) in [5.74, 6) is -1.46. The predicted octanol–water partition coefficient (Wildman–Crippen LogP) is 1.18. The maximum atomic E-state index is 12.2. The summed E-state index contributed by atoms with van der Waals surface area (Å²) in [5, 5.41) is 8.88. The SMILES string of the molecule is CCOC(=O)CCN(C)C(=O)N(CC(=O)O)C(C)(C)C. The highest BCUT2D eigenvalue weighted by Gasteiger charge is 2.30. The molecule has 20 heavy (non-hydrogen) atoms. The van der Waals surface area contributed by atoms with Crippen LogP contribution in [-0.4, -0.2) is 65.2 Å². The molecule has 0 saturated carbocycles. The van der Waals surface area contributed by atoms with Gasteiger partial charge in [-0.3, -0.25) is 9.59 Å². The number of urea groups is 1. The normalized spacial score (nSPS) is 10.8. The second kappa shape index (κ2) is 7.72. The minimum Gasteiger partial charge on any atom is -0.480 e. The lowest BCUT2D eigenvalue weighted by Crippen LogP contribution is -2.53. The van der Waals surface area contributed by atoms with E-state index < -0.39 is 17.5 Å². The summed E-state index contributed by atoms with van der Waals surface area (Å²) in [5.41, 5.74) is -0.617. The molecule has 0 rings (SSSR count). The van der Waals surface area contributed by atoms with Crippen molar-refractivity contribution in [3.05, 3.63) is 0 Å². The number of ether oxygens (including phenoxy) is 1. The van der Waals surface area contributed by atoms with Gasteiger partial charge in [-0.2, -0.15) is 0 Å². The van der Waals surface area contributed by atoms with E-state index in [9.17, 15) is 14.4 Å². The first-order valence-corrected chi connectivity index (χ1v) is 6.49. The van der Waals surface area contributed by atoms with Gasteiger partial charge in [-0.15, -0.1) is 0 Å². The second-order valence-electron chi connectivity index (χ2n) is 5.41. The zero-order chi connectivity index (χ0) is 15.9. The molecule has 7 nitrogen and oxygen atoms in total. The van der Waals surface area contributed by atoms with Crippen LogP contribution in [0.2, 0.25) is 0 Å². The molecule has 0 bridgehead atoms. The van der Waals surface area contributed by atoms with Crippen LogP contribution in [0.5, 0.6) is 0 Å². The lowest BCUT2D eigenvalue weighted by Gasteiger charge is -2.37. The molecule has 0 aromatic carbocycles. The van der Waals surface area contributed by atoms with Gasteiger partial charge < -0.3 is 19.6 Å². The van der Waals surface area contributed by atoms with E-state index in [-0.39, 0.29) is 25.5 Å². The maximum Gasteiger partial charge on any atom is 0.323 e. The van der Waals surface area contributed by atoms with Gasteiger partial charge in [0.05, 0.1) is 13.0 Å². The van der Waals surface area contributed by atoms with Crippen LogP contribution in [0, 0.1) is 0 Å². The first-order chi connectivity index (χ1) is 9.09. The second-order valence-corrected chi connectivity index (χ2v) is 5.41. The Bertz CT molecular complexity index is 362. The highest BCUT2D eigenvalue weighted by Crippen LogP contribution is 2.15. The van der Waals surface area contributed by atoms with Gasteiger partial charge >= 0.3 is 18.0 Å². The topological polar surface area (TPSA) is 87.2 Å². The average Bonchev–Trinajstić information content (AvgIpc) is 2.31. The molecule has 0 aliphatic rings. The number of hydrogen-bond acceptors (Lipinski definition) is 4. The van der Waals surface area contributed by atoms with Crippen molar-refractivity contribution in [2.45, 2.75) is 39.7 Å². The fourth-order valence-corrected chi connectivity index (χ4v) is 1.52. The highest BCUT2D eigenvalue weighted by molar-refractivity contribution is 5.81.